The highest BCUT2D eigenvalue weighted by atomic mass is 16.5. The van der Waals surface area contributed by atoms with Gasteiger partial charge in [-0.05, 0) is 39.2 Å². The Kier molecular flexibility index (Phi) is 6.68. The largest absolute Gasteiger partial charge is 0.373 e. The SMILES string of the molecule is CC1CN(C(=O)C(C)N2CCC(OCc3ccccc3)CC2)CC(C)O1. The zero-order valence-electron chi connectivity index (χ0n) is 16.3. The third kappa shape index (κ3) is 5.06. The molecule has 2 heterocycles. The summed E-state index contributed by atoms with van der Waals surface area (Å²) in [6.45, 7) is 10.0. The number of carbonyl (C=O) groups is 1. The number of hydrogen-bond acceptors (Lipinski definition) is 4. The average Bonchev–Trinajstić information content (AvgIpc) is 2.65. The Bertz CT molecular complexity index is 562. The van der Waals surface area contributed by atoms with E-state index in [0.29, 0.717) is 19.7 Å². The van der Waals surface area contributed by atoms with Gasteiger partial charge in [0.2, 0.25) is 5.91 Å². The van der Waals surface area contributed by atoms with E-state index < -0.39 is 0 Å². The molecule has 2 saturated heterocycles. The summed E-state index contributed by atoms with van der Waals surface area (Å²) in [6.07, 6.45) is 2.50. The molecular formula is C21H32N2O3. The molecule has 0 bridgehead atoms. The smallest absolute Gasteiger partial charge is 0.239 e. The number of amides is 1. The number of ether oxygens (including phenoxy) is 2. The van der Waals surface area contributed by atoms with Gasteiger partial charge in [-0.15, -0.1) is 0 Å². The molecule has 3 rings (SSSR count). The second-order valence-electron chi connectivity index (χ2n) is 7.71. The van der Waals surface area contributed by atoms with E-state index in [-0.39, 0.29) is 30.3 Å². The van der Waals surface area contributed by atoms with Crippen LogP contribution < -0.4 is 0 Å². The minimum Gasteiger partial charge on any atom is -0.373 e. The van der Waals surface area contributed by atoms with Gasteiger partial charge in [0.25, 0.3) is 0 Å². The van der Waals surface area contributed by atoms with Crippen molar-refractivity contribution in [2.24, 2.45) is 0 Å². The molecule has 3 unspecified atom stereocenters. The molecule has 0 saturated carbocycles. The van der Waals surface area contributed by atoms with E-state index >= 15 is 0 Å². The van der Waals surface area contributed by atoms with Crippen LogP contribution in [0.5, 0.6) is 0 Å². The van der Waals surface area contributed by atoms with Crippen LogP contribution in [0, 0.1) is 0 Å². The topological polar surface area (TPSA) is 42.0 Å². The molecule has 5 heteroatoms. The number of morpholine rings is 1. The van der Waals surface area contributed by atoms with E-state index in [0.717, 1.165) is 25.9 Å². The first-order chi connectivity index (χ1) is 12.5. The molecule has 144 valence electrons. The Morgan fingerprint density at radius 1 is 1.15 bits per heavy atom. The van der Waals surface area contributed by atoms with Gasteiger partial charge in [-0.25, -0.2) is 0 Å². The summed E-state index contributed by atoms with van der Waals surface area (Å²) < 4.78 is 11.8. The van der Waals surface area contributed by atoms with Crippen LogP contribution in [0.2, 0.25) is 0 Å². The number of rotatable bonds is 5. The summed E-state index contributed by atoms with van der Waals surface area (Å²) >= 11 is 0. The first kappa shape index (κ1) is 19.3. The summed E-state index contributed by atoms with van der Waals surface area (Å²) in [5, 5.41) is 0. The van der Waals surface area contributed by atoms with Gasteiger partial charge in [0.15, 0.2) is 0 Å². The molecule has 2 aliphatic rings. The number of likely N-dealkylation sites (tertiary alicyclic amines) is 1. The zero-order valence-corrected chi connectivity index (χ0v) is 16.3. The Morgan fingerprint density at radius 3 is 2.38 bits per heavy atom. The van der Waals surface area contributed by atoms with Crippen LogP contribution in [0.4, 0.5) is 0 Å². The molecule has 3 atom stereocenters. The van der Waals surface area contributed by atoms with Gasteiger partial charge in [0, 0.05) is 26.2 Å². The number of hydrogen-bond donors (Lipinski definition) is 0. The standard InChI is InChI=1S/C21H32N2O3/c1-16-13-23(14-17(2)26-16)21(24)18(3)22-11-9-20(10-12-22)25-15-19-7-5-4-6-8-19/h4-8,16-18,20H,9-15H2,1-3H3. The lowest BCUT2D eigenvalue weighted by Gasteiger charge is -2.40. The lowest BCUT2D eigenvalue weighted by molar-refractivity contribution is -0.149. The molecular weight excluding hydrogens is 328 g/mol. The lowest BCUT2D eigenvalue weighted by Crippen LogP contribution is -2.55. The molecule has 0 aromatic heterocycles. The van der Waals surface area contributed by atoms with Crippen molar-refractivity contribution in [2.75, 3.05) is 26.2 Å². The van der Waals surface area contributed by atoms with Gasteiger partial charge < -0.3 is 14.4 Å². The van der Waals surface area contributed by atoms with Crippen LogP contribution in [-0.2, 0) is 20.9 Å². The van der Waals surface area contributed by atoms with E-state index in [2.05, 4.69) is 17.0 Å². The van der Waals surface area contributed by atoms with Crippen LogP contribution in [0.15, 0.2) is 30.3 Å². The van der Waals surface area contributed by atoms with Crippen molar-refractivity contribution in [1.29, 1.82) is 0 Å². The maximum Gasteiger partial charge on any atom is 0.239 e. The van der Waals surface area contributed by atoms with E-state index in [1.807, 2.05) is 43.9 Å². The van der Waals surface area contributed by atoms with Crippen molar-refractivity contribution < 1.29 is 14.3 Å². The molecule has 0 aliphatic carbocycles. The van der Waals surface area contributed by atoms with Crippen LogP contribution in [0.3, 0.4) is 0 Å². The maximum atomic E-state index is 12.9. The van der Waals surface area contributed by atoms with Crippen molar-refractivity contribution in [3.05, 3.63) is 35.9 Å². The van der Waals surface area contributed by atoms with Gasteiger partial charge in [0.05, 0.1) is 31.0 Å². The van der Waals surface area contributed by atoms with Gasteiger partial charge in [-0.1, -0.05) is 30.3 Å². The fraction of sp³-hybridized carbons (Fsp3) is 0.667. The summed E-state index contributed by atoms with van der Waals surface area (Å²) in [5.74, 6) is 0.232. The molecule has 5 nitrogen and oxygen atoms in total. The molecule has 0 N–H and O–H groups in total. The van der Waals surface area contributed by atoms with E-state index in [4.69, 9.17) is 9.47 Å². The highest BCUT2D eigenvalue weighted by Gasteiger charge is 2.33. The molecule has 2 aliphatic heterocycles. The highest BCUT2D eigenvalue weighted by molar-refractivity contribution is 5.81. The van der Waals surface area contributed by atoms with Gasteiger partial charge in [-0.2, -0.15) is 0 Å². The third-order valence-electron chi connectivity index (χ3n) is 5.44. The number of piperidine rings is 1. The highest BCUT2D eigenvalue weighted by Crippen LogP contribution is 2.20. The van der Waals surface area contributed by atoms with E-state index in [1.165, 1.54) is 5.56 Å². The van der Waals surface area contributed by atoms with Crippen molar-refractivity contribution in [3.63, 3.8) is 0 Å². The minimum atomic E-state index is -0.0671. The Morgan fingerprint density at radius 2 is 1.77 bits per heavy atom. The predicted octanol–water partition coefficient (Wildman–Crippen LogP) is 2.69. The normalized spacial score (nSPS) is 26.7. The van der Waals surface area contributed by atoms with Crippen molar-refractivity contribution >= 4 is 5.91 Å². The van der Waals surface area contributed by atoms with Crippen LogP contribution in [0.1, 0.15) is 39.2 Å². The van der Waals surface area contributed by atoms with Crippen LogP contribution in [-0.4, -0.2) is 66.2 Å². The number of nitrogens with zero attached hydrogens (tertiary/aromatic N) is 2. The maximum absolute atomic E-state index is 12.9. The molecule has 2 fully saturated rings. The first-order valence-corrected chi connectivity index (χ1v) is 9.86. The van der Waals surface area contributed by atoms with Crippen molar-refractivity contribution in [1.82, 2.24) is 9.80 Å². The Labute approximate surface area is 157 Å². The average molecular weight is 360 g/mol. The summed E-state index contributed by atoms with van der Waals surface area (Å²) in [7, 11) is 0. The lowest BCUT2D eigenvalue weighted by atomic mass is 10.0. The van der Waals surface area contributed by atoms with Gasteiger partial charge in [-0.3, -0.25) is 9.69 Å². The summed E-state index contributed by atoms with van der Waals surface area (Å²) in [5.41, 5.74) is 1.22. The first-order valence-electron chi connectivity index (χ1n) is 9.86. The number of benzene rings is 1. The molecule has 0 radical (unpaired) electrons. The van der Waals surface area contributed by atoms with Crippen LogP contribution >= 0.6 is 0 Å². The third-order valence-corrected chi connectivity index (χ3v) is 5.44. The summed E-state index contributed by atoms with van der Waals surface area (Å²) in [6, 6.07) is 10.2. The monoisotopic (exact) mass is 360 g/mol. The Hall–Kier alpha value is -1.43. The fourth-order valence-electron chi connectivity index (χ4n) is 4.00. The quantitative estimate of drug-likeness (QED) is 0.810. The van der Waals surface area contributed by atoms with Crippen LogP contribution in [0.25, 0.3) is 0 Å². The summed E-state index contributed by atoms with van der Waals surface area (Å²) in [4.78, 5) is 17.2. The van der Waals surface area contributed by atoms with E-state index in [1.54, 1.807) is 0 Å². The molecule has 1 amide bonds. The molecule has 0 spiro atoms. The minimum absolute atomic E-state index is 0.0671. The number of carbonyl (C=O) groups excluding carboxylic acids is 1. The molecule has 26 heavy (non-hydrogen) atoms. The predicted molar refractivity (Wildman–Crippen MR) is 102 cm³/mol. The Balaban J connectivity index is 1.44. The van der Waals surface area contributed by atoms with Gasteiger partial charge >= 0.3 is 0 Å². The van der Waals surface area contributed by atoms with Gasteiger partial charge in [0.1, 0.15) is 0 Å². The second kappa shape index (κ2) is 8.98. The molecule has 1 aromatic rings. The van der Waals surface area contributed by atoms with E-state index in [9.17, 15) is 4.79 Å². The second-order valence-corrected chi connectivity index (χ2v) is 7.71. The van der Waals surface area contributed by atoms with Crippen molar-refractivity contribution in [2.45, 2.75) is 64.6 Å². The zero-order chi connectivity index (χ0) is 18.5. The molecule has 1 aromatic carbocycles. The fourth-order valence-corrected chi connectivity index (χ4v) is 4.00. The van der Waals surface area contributed by atoms with Crippen molar-refractivity contribution in [3.8, 4) is 0 Å².